The standard InChI is InChI=1S/C15H17BrN2O2/c1-20-15(19)10-2-5-12(6-3-10)18-9-17-13-7-4-11(16)8-14(13)18/h4,7-10,12H,2-3,5-6H2,1H3. The van der Waals surface area contributed by atoms with Gasteiger partial charge in [-0.15, -0.1) is 0 Å². The molecule has 20 heavy (non-hydrogen) atoms. The molecule has 3 rings (SSSR count). The lowest BCUT2D eigenvalue weighted by molar-refractivity contribution is -0.146. The summed E-state index contributed by atoms with van der Waals surface area (Å²) in [5, 5.41) is 0. The number of benzene rings is 1. The van der Waals surface area contributed by atoms with E-state index in [1.54, 1.807) is 0 Å². The number of carbonyl (C=O) groups excluding carboxylic acids is 1. The van der Waals surface area contributed by atoms with Crippen LogP contribution in [0.25, 0.3) is 11.0 Å². The minimum atomic E-state index is -0.0679. The Morgan fingerprint density at radius 1 is 1.35 bits per heavy atom. The molecule has 1 aromatic heterocycles. The third-order valence-electron chi connectivity index (χ3n) is 4.16. The van der Waals surface area contributed by atoms with E-state index in [2.05, 4.69) is 31.5 Å². The molecule has 0 radical (unpaired) electrons. The van der Waals surface area contributed by atoms with Crippen LogP contribution in [0.4, 0.5) is 0 Å². The predicted molar refractivity (Wildman–Crippen MR) is 80.4 cm³/mol. The summed E-state index contributed by atoms with van der Waals surface area (Å²) in [4.78, 5) is 16.0. The number of rotatable bonds is 2. The molecule has 0 aliphatic heterocycles. The van der Waals surface area contributed by atoms with Crippen molar-refractivity contribution in [2.24, 2.45) is 5.92 Å². The molecule has 2 aromatic rings. The number of imidazole rings is 1. The molecular weight excluding hydrogens is 320 g/mol. The molecule has 1 aliphatic rings. The van der Waals surface area contributed by atoms with Gasteiger partial charge in [-0.05, 0) is 43.9 Å². The van der Waals surface area contributed by atoms with Crippen molar-refractivity contribution < 1.29 is 9.53 Å². The summed E-state index contributed by atoms with van der Waals surface area (Å²) in [6.45, 7) is 0. The molecule has 1 saturated carbocycles. The third kappa shape index (κ3) is 2.46. The molecule has 5 heteroatoms. The molecule has 0 saturated heterocycles. The molecule has 0 atom stereocenters. The fraction of sp³-hybridized carbons (Fsp3) is 0.467. The van der Waals surface area contributed by atoms with Crippen LogP contribution >= 0.6 is 15.9 Å². The van der Waals surface area contributed by atoms with Gasteiger partial charge in [0.05, 0.1) is 30.4 Å². The molecule has 1 fully saturated rings. The van der Waals surface area contributed by atoms with Gasteiger partial charge < -0.3 is 9.30 Å². The number of methoxy groups -OCH3 is 1. The summed E-state index contributed by atoms with van der Waals surface area (Å²) in [6, 6.07) is 6.56. The molecule has 0 amide bonds. The second kappa shape index (κ2) is 5.56. The largest absolute Gasteiger partial charge is 0.469 e. The highest BCUT2D eigenvalue weighted by Crippen LogP contribution is 2.34. The number of aromatic nitrogens is 2. The van der Waals surface area contributed by atoms with Crippen LogP contribution < -0.4 is 0 Å². The first-order valence-electron chi connectivity index (χ1n) is 6.89. The SMILES string of the molecule is COC(=O)C1CCC(n2cnc3ccc(Br)cc32)CC1. The maximum atomic E-state index is 11.6. The van der Waals surface area contributed by atoms with Crippen molar-refractivity contribution in [3.63, 3.8) is 0 Å². The molecule has 106 valence electrons. The Bertz CT molecular complexity index is 630. The van der Waals surface area contributed by atoms with Crippen molar-refractivity contribution >= 4 is 32.9 Å². The van der Waals surface area contributed by atoms with E-state index in [9.17, 15) is 4.79 Å². The zero-order chi connectivity index (χ0) is 14.1. The summed E-state index contributed by atoms with van der Waals surface area (Å²) >= 11 is 3.51. The van der Waals surface area contributed by atoms with Crippen LogP contribution in [-0.4, -0.2) is 22.6 Å². The quantitative estimate of drug-likeness (QED) is 0.785. The average Bonchev–Trinajstić information content (AvgIpc) is 2.89. The van der Waals surface area contributed by atoms with Crippen molar-refractivity contribution in [1.29, 1.82) is 0 Å². The number of hydrogen-bond donors (Lipinski definition) is 0. The summed E-state index contributed by atoms with van der Waals surface area (Å²) in [6.07, 6.45) is 5.70. The van der Waals surface area contributed by atoms with Gasteiger partial charge in [0, 0.05) is 10.5 Å². The summed E-state index contributed by atoms with van der Waals surface area (Å²) < 4.78 is 8.15. The number of fused-ring (bicyclic) bond motifs is 1. The van der Waals surface area contributed by atoms with Crippen LogP contribution in [0.5, 0.6) is 0 Å². The van der Waals surface area contributed by atoms with Crippen LogP contribution in [0.15, 0.2) is 29.0 Å². The zero-order valence-electron chi connectivity index (χ0n) is 11.4. The lowest BCUT2D eigenvalue weighted by atomic mass is 9.86. The number of carbonyl (C=O) groups is 1. The smallest absolute Gasteiger partial charge is 0.308 e. The van der Waals surface area contributed by atoms with E-state index >= 15 is 0 Å². The fourth-order valence-electron chi connectivity index (χ4n) is 3.05. The Kier molecular flexibility index (Phi) is 3.78. The highest BCUT2D eigenvalue weighted by molar-refractivity contribution is 9.10. The molecule has 0 N–H and O–H groups in total. The van der Waals surface area contributed by atoms with E-state index in [4.69, 9.17) is 4.74 Å². The maximum Gasteiger partial charge on any atom is 0.308 e. The minimum Gasteiger partial charge on any atom is -0.469 e. The van der Waals surface area contributed by atoms with Crippen molar-refractivity contribution in [2.45, 2.75) is 31.7 Å². The fourth-order valence-corrected chi connectivity index (χ4v) is 3.40. The molecule has 4 nitrogen and oxygen atoms in total. The van der Waals surface area contributed by atoms with E-state index in [1.807, 2.05) is 18.5 Å². The minimum absolute atomic E-state index is 0.0674. The van der Waals surface area contributed by atoms with Gasteiger partial charge in [-0.3, -0.25) is 4.79 Å². The molecular formula is C15H17BrN2O2. The topological polar surface area (TPSA) is 44.1 Å². The Hall–Kier alpha value is -1.36. The molecule has 1 aromatic carbocycles. The van der Waals surface area contributed by atoms with Crippen LogP contribution in [0.3, 0.4) is 0 Å². The summed E-state index contributed by atoms with van der Waals surface area (Å²) in [5.74, 6) is -0.000504. The van der Waals surface area contributed by atoms with Crippen LogP contribution in [-0.2, 0) is 9.53 Å². The average molecular weight is 337 g/mol. The molecule has 1 heterocycles. The second-order valence-electron chi connectivity index (χ2n) is 5.31. The van der Waals surface area contributed by atoms with E-state index in [1.165, 1.54) is 7.11 Å². The van der Waals surface area contributed by atoms with Crippen molar-refractivity contribution in [3.8, 4) is 0 Å². The first-order valence-corrected chi connectivity index (χ1v) is 7.68. The molecule has 0 unspecified atom stereocenters. The van der Waals surface area contributed by atoms with Crippen LogP contribution in [0.1, 0.15) is 31.7 Å². The number of esters is 1. The highest BCUT2D eigenvalue weighted by Gasteiger charge is 2.28. The Morgan fingerprint density at radius 3 is 2.80 bits per heavy atom. The second-order valence-corrected chi connectivity index (χ2v) is 6.23. The van der Waals surface area contributed by atoms with Gasteiger partial charge in [0.1, 0.15) is 0 Å². The monoisotopic (exact) mass is 336 g/mol. The Morgan fingerprint density at radius 2 is 2.10 bits per heavy atom. The lowest BCUT2D eigenvalue weighted by Gasteiger charge is -2.28. The van der Waals surface area contributed by atoms with Gasteiger partial charge in [-0.2, -0.15) is 0 Å². The zero-order valence-corrected chi connectivity index (χ0v) is 13.0. The van der Waals surface area contributed by atoms with Crippen molar-refractivity contribution in [2.75, 3.05) is 7.11 Å². The third-order valence-corrected chi connectivity index (χ3v) is 4.65. The van der Waals surface area contributed by atoms with E-state index in [0.29, 0.717) is 6.04 Å². The normalized spacial score (nSPS) is 22.9. The number of ether oxygens (including phenoxy) is 1. The maximum absolute atomic E-state index is 11.6. The van der Waals surface area contributed by atoms with Crippen molar-refractivity contribution in [1.82, 2.24) is 9.55 Å². The summed E-state index contributed by atoms with van der Waals surface area (Å²) in [5.41, 5.74) is 2.17. The van der Waals surface area contributed by atoms with Crippen LogP contribution in [0, 0.1) is 5.92 Å². The number of halogens is 1. The highest BCUT2D eigenvalue weighted by atomic mass is 79.9. The number of nitrogens with zero attached hydrogens (tertiary/aromatic N) is 2. The predicted octanol–water partition coefficient (Wildman–Crippen LogP) is 3.70. The van der Waals surface area contributed by atoms with Crippen molar-refractivity contribution in [3.05, 3.63) is 29.0 Å². The first kappa shape index (κ1) is 13.6. The van der Waals surface area contributed by atoms with Crippen LogP contribution in [0.2, 0.25) is 0 Å². The molecule has 0 bridgehead atoms. The van der Waals surface area contributed by atoms with E-state index < -0.39 is 0 Å². The van der Waals surface area contributed by atoms with Gasteiger partial charge in [0.25, 0.3) is 0 Å². The summed E-state index contributed by atoms with van der Waals surface area (Å²) in [7, 11) is 1.47. The van der Waals surface area contributed by atoms with E-state index in [-0.39, 0.29) is 11.9 Å². The lowest BCUT2D eigenvalue weighted by Crippen LogP contribution is -2.24. The Labute approximate surface area is 126 Å². The van der Waals surface area contributed by atoms with Gasteiger partial charge in [0.15, 0.2) is 0 Å². The van der Waals surface area contributed by atoms with Gasteiger partial charge in [0.2, 0.25) is 0 Å². The van der Waals surface area contributed by atoms with Gasteiger partial charge in [-0.25, -0.2) is 4.98 Å². The van der Waals surface area contributed by atoms with Gasteiger partial charge >= 0.3 is 5.97 Å². The molecule has 0 spiro atoms. The molecule has 1 aliphatic carbocycles. The Balaban J connectivity index is 1.80. The first-order chi connectivity index (χ1) is 9.69. The van der Waals surface area contributed by atoms with E-state index in [0.717, 1.165) is 41.2 Å². The number of hydrogen-bond acceptors (Lipinski definition) is 3. The van der Waals surface area contributed by atoms with Gasteiger partial charge in [-0.1, -0.05) is 15.9 Å².